The maximum atomic E-state index is 14.4. The molecule has 186 valence electrons. The van der Waals surface area contributed by atoms with Gasteiger partial charge in [-0.1, -0.05) is 12.8 Å². The maximum Gasteiger partial charge on any atom is 0.404 e. The molecule has 1 aliphatic heterocycles. The van der Waals surface area contributed by atoms with Gasteiger partial charge in [-0.15, -0.1) is 0 Å². The van der Waals surface area contributed by atoms with Gasteiger partial charge in [0.1, 0.15) is 11.9 Å². The van der Waals surface area contributed by atoms with Crippen LogP contribution in [-0.2, 0) is 20.9 Å². The van der Waals surface area contributed by atoms with E-state index >= 15 is 0 Å². The zero-order valence-corrected chi connectivity index (χ0v) is 20.0. The van der Waals surface area contributed by atoms with Gasteiger partial charge in [-0.05, 0) is 62.8 Å². The minimum atomic E-state index is -0.840. The lowest BCUT2D eigenvalue weighted by atomic mass is 9.81. The van der Waals surface area contributed by atoms with Crippen molar-refractivity contribution in [2.75, 3.05) is 25.0 Å². The SMILES string of the molecule is Cc1c(CN2CCN(C(=O)C3CCCC3)C(C)C2)cc(F)cc1NC(=O)C1CC(OC(N)=O)C1. The van der Waals surface area contributed by atoms with Crippen molar-refractivity contribution >= 4 is 23.6 Å². The number of anilines is 1. The van der Waals surface area contributed by atoms with Crippen molar-refractivity contribution in [3.63, 3.8) is 0 Å². The molecule has 4 rings (SSSR count). The molecule has 2 saturated carbocycles. The number of benzene rings is 1. The topological polar surface area (TPSA) is 105 Å². The first-order chi connectivity index (χ1) is 16.2. The third kappa shape index (κ3) is 5.51. The fourth-order valence-electron chi connectivity index (χ4n) is 5.46. The lowest BCUT2D eigenvalue weighted by molar-refractivity contribution is -0.140. The molecular formula is C25H35FN4O4. The Morgan fingerprint density at radius 1 is 1.15 bits per heavy atom. The number of amides is 3. The largest absolute Gasteiger partial charge is 0.446 e. The lowest BCUT2D eigenvalue weighted by Crippen LogP contribution is -2.54. The Morgan fingerprint density at radius 3 is 2.50 bits per heavy atom. The Morgan fingerprint density at radius 2 is 1.85 bits per heavy atom. The van der Waals surface area contributed by atoms with E-state index in [2.05, 4.69) is 17.1 Å². The van der Waals surface area contributed by atoms with Crippen LogP contribution in [0, 0.1) is 24.6 Å². The second-order valence-electron chi connectivity index (χ2n) is 10.1. The number of piperazine rings is 1. The molecular weight excluding hydrogens is 439 g/mol. The van der Waals surface area contributed by atoms with Crippen molar-refractivity contribution in [2.45, 2.75) is 71.1 Å². The Balaban J connectivity index is 1.34. The fraction of sp³-hybridized carbons (Fsp3) is 0.640. The summed E-state index contributed by atoms with van der Waals surface area (Å²) in [5, 5.41) is 2.84. The molecule has 1 heterocycles. The van der Waals surface area contributed by atoms with E-state index in [1.54, 1.807) is 0 Å². The Labute approximate surface area is 200 Å². The van der Waals surface area contributed by atoms with Gasteiger partial charge in [0.15, 0.2) is 0 Å². The van der Waals surface area contributed by atoms with Crippen LogP contribution in [0.25, 0.3) is 0 Å². The third-order valence-electron chi connectivity index (χ3n) is 7.58. The number of rotatable bonds is 6. The molecule has 1 atom stereocenters. The predicted molar refractivity (Wildman–Crippen MR) is 125 cm³/mol. The van der Waals surface area contributed by atoms with Gasteiger partial charge in [0.2, 0.25) is 11.8 Å². The summed E-state index contributed by atoms with van der Waals surface area (Å²) in [6, 6.07) is 2.98. The van der Waals surface area contributed by atoms with Crippen molar-refractivity contribution in [1.82, 2.24) is 9.80 Å². The van der Waals surface area contributed by atoms with Gasteiger partial charge in [-0.25, -0.2) is 9.18 Å². The highest BCUT2D eigenvalue weighted by Crippen LogP contribution is 2.32. The van der Waals surface area contributed by atoms with E-state index in [9.17, 15) is 18.8 Å². The van der Waals surface area contributed by atoms with E-state index in [0.29, 0.717) is 31.6 Å². The monoisotopic (exact) mass is 474 g/mol. The van der Waals surface area contributed by atoms with Crippen molar-refractivity contribution in [2.24, 2.45) is 17.6 Å². The Hall–Kier alpha value is -2.68. The third-order valence-corrected chi connectivity index (χ3v) is 7.58. The van der Waals surface area contributed by atoms with Gasteiger partial charge in [0, 0.05) is 49.7 Å². The fourth-order valence-corrected chi connectivity index (χ4v) is 5.46. The van der Waals surface area contributed by atoms with Gasteiger partial charge < -0.3 is 20.7 Å². The highest BCUT2D eigenvalue weighted by atomic mass is 19.1. The summed E-state index contributed by atoms with van der Waals surface area (Å²) in [6.45, 7) is 6.68. The summed E-state index contributed by atoms with van der Waals surface area (Å²) >= 11 is 0. The molecule has 3 fully saturated rings. The molecule has 3 amide bonds. The molecule has 3 aliphatic rings. The van der Waals surface area contributed by atoms with E-state index in [1.165, 1.54) is 12.1 Å². The number of ether oxygens (including phenoxy) is 1. The smallest absolute Gasteiger partial charge is 0.404 e. The van der Waals surface area contributed by atoms with Gasteiger partial charge >= 0.3 is 6.09 Å². The van der Waals surface area contributed by atoms with Gasteiger partial charge in [0.25, 0.3) is 0 Å². The second kappa shape index (κ2) is 10.3. The van der Waals surface area contributed by atoms with Crippen LogP contribution in [0.2, 0.25) is 0 Å². The Bertz CT molecular complexity index is 943. The summed E-state index contributed by atoms with van der Waals surface area (Å²) in [7, 11) is 0. The van der Waals surface area contributed by atoms with Crippen molar-refractivity contribution in [1.29, 1.82) is 0 Å². The van der Waals surface area contributed by atoms with Crippen LogP contribution in [0.5, 0.6) is 0 Å². The lowest BCUT2D eigenvalue weighted by Gasteiger charge is -2.41. The molecule has 2 aliphatic carbocycles. The molecule has 0 bridgehead atoms. The number of primary amides is 1. The van der Waals surface area contributed by atoms with Crippen LogP contribution in [0.15, 0.2) is 12.1 Å². The van der Waals surface area contributed by atoms with Gasteiger partial charge in [-0.2, -0.15) is 0 Å². The van der Waals surface area contributed by atoms with Crippen LogP contribution < -0.4 is 11.1 Å². The van der Waals surface area contributed by atoms with Crippen LogP contribution >= 0.6 is 0 Å². The summed E-state index contributed by atoms with van der Waals surface area (Å²) in [5.41, 5.74) is 7.12. The number of carbonyl (C=O) groups is 3. The predicted octanol–water partition coefficient (Wildman–Crippen LogP) is 3.17. The molecule has 3 N–H and O–H groups in total. The first-order valence-electron chi connectivity index (χ1n) is 12.3. The molecule has 1 aromatic rings. The van der Waals surface area contributed by atoms with E-state index in [1.807, 2.05) is 11.8 Å². The molecule has 1 aromatic carbocycles. The minimum Gasteiger partial charge on any atom is -0.446 e. The molecule has 0 aromatic heterocycles. The molecule has 0 spiro atoms. The highest BCUT2D eigenvalue weighted by molar-refractivity contribution is 5.94. The standard InChI is InChI=1S/C25H35FN4O4/c1-15-13-29(7-8-30(15)24(32)17-5-3-4-6-17)14-19-9-20(26)12-22(16(19)2)28-23(31)18-10-21(11-18)34-25(27)33/h9,12,15,17-18,21H,3-8,10-11,13-14H2,1-2H3,(H2,27,33)(H,28,31). The molecule has 1 saturated heterocycles. The average molecular weight is 475 g/mol. The quantitative estimate of drug-likeness (QED) is 0.659. The van der Waals surface area contributed by atoms with Gasteiger partial charge in [0.05, 0.1) is 0 Å². The van der Waals surface area contributed by atoms with Crippen molar-refractivity contribution < 1.29 is 23.5 Å². The highest BCUT2D eigenvalue weighted by Gasteiger charge is 2.37. The summed E-state index contributed by atoms with van der Waals surface area (Å²) in [5.74, 6) is -0.434. The summed E-state index contributed by atoms with van der Waals surface area (Å²) in [4.78, 5) is 40.5. The maximum absolute atomic E-state index is 14.4. The second-order valence-corrected chi connectivity index (χ2v) is 10.1. The molecule has 8 nitrogen and oxygen atoms in total. The summed E-state index contributed by atoms with van der Waals surface area (Å²) < 4.78 is 19.3. The van der Waals surface area contributed by atoms with Crippen LogP contribution in [0.1, 0.15) is 56.6 Å². The Kier molecular flexibility index (Phi) is 7.40. The van der Waals surface area contributed by atoms with E-state index in [0.717, 1.165) is 49.9 Å². The van der Waals surface area contributed by atoms with Crippen LogP contribution in [0.4, 0.5) is 14.9 Å². The van der Waals surface area contributed by atoms with Crippen molar-refractivity contribution in [3.8, 4) is 0 Å². The van der Waals surface area contributed by atoms with E-state index < -0.39 is 11.9 Å². The number of hydrogen-bond acceptors (Lipinski definition) is 5. The average Bonchev–Trinajstić information content (AvgIpc) is 3.28. The summed E-state index contributed by atoms with van der Waals surface area (Å²) in [6.07, 6.45) is 3.95. The minimum absolute atomic E-state index is 0.115. The van der Waals surface area contributed by atoms with Crippen molar-refractivity contribution in [3.05, 3.63) is 29.1 Å². The number of nitrogens with zero attached hydrogens (tertiary/aromatic N) is 2. The molecule has 34 heavy (non-hydrogen) atoms. The van der Waals surface area contributed by atoms with Gasteiger partial charge in [-0.3, -0.25) is 14.5 Å². The van der Waals surface area contributed by atoms with E-state index in [-0.39, 0.29) is 35.8 Å². The number of nitrogens with one attached hydrogen (secondary N) is 1. The van der Waals surface area contributed by atoms with E-state index in [4.69, 9.17) is 10.5 Å². The van der Waals surface area contributed by atoms with Crippen LogP contribution in [-0.4, -0.2) is 59.5 Å². The first kappa shape index (κ1) is 24.4. The number of halogens is 1. The van der Waals surface area contributed by atoms with Crippen LogP contribution in [0.3, 0.4) is 0 Å². The molecule has 9 heteroatoms. The number of nitrogens with two attached hydrogens (primary N) is 1. The number of hydrogen-bond donors (Lipinski definition) is 2. The molecule has 1 unspecified atom stereocenters. The molecule has 0 radical (unpaired) electrons. The first-order valence-corrected chi connectivity index (χ1v) is 12.3. The number of carbonyl (C=O) groups excluding carboxylic acids is 3. The zero-order valence-electron chi connectivity index (χ0n) is 20.0. The normalized spacial score (nSPS) is 25.6. The zero-order chi connectivity index (χ0) is 24.4.